The number of aliphatic hydroxyl groups excluding tert-OH is 1. The van der Waals surface area contributed by atoms with Crippen molar-refractivity contribution in [1.82, 2.24) is 0 Å². The molecular weight excluding hydrogens is 424 g/mol. The van der Waals surface area contributed by atoms with E-state index in [-0.39, 0.29) is 37.3 Å². The zero-order valence-electron chi connectivity index (χ0n) is 19.8. The van der Waals surface area contributed by atoms with Crippen LogP contribution in [0.4, 0.5) is 0 Å². The van der Waals surface area contributed by atoms with E-state index in [1.165, 1.54) is 12.7 Å². The van der Waals surface area contributed by atoms with Crippen LogP contribution >= 0.6 is 0 Å². The molecule has 0 spiro atoms. The van der Waals surface area contributed by atoms with Crippen molar-refractivity contribution in [2.24, 2.45) is 17.8 Å². The van der Waals surface area contributed by atoms with Gasteiger partial charge in [0.15, 0.2) is 6.61 Å². The Morgan fingerprint density at radius 2 is 1.97 bits per heavy atom. The van der Waals surface area contributed by atoms with Gasteiger partial charge in [0.05, 0.1) is 6.10 Å². The van der Waals surface area contributed by atoms with Crippen LogP contribution in [0.3, 0.4) is 0 Å². The molecule has 1 aromatic rings. The lowest BCUT2D eigenvalue weighted by Gasteiger charge is -2.32. The van der Waals surface area contributed by atoms with Crippen LogP contribution in [0.5, 0.6) is 5.75 Å². The first-order valence-electron chi connectivity index (χ1n) is 12.2. The van der Waals surface area contributed by atoms with Gasteiger partial charge in [0, 0.05) is 7.11 Å². The first-order chi connectivity index (χ1) is 15.9. The number of unbranched alkanes of at least 4 members (excludes halogenated alkanes) is 2. The first-order valence-corrected chi connectivity index (χ1v) is 12.2. The Kier molecular flexibility index (Phi) is 9.56. The highest BCUT2D eigenvalue weighted by atomic mass is 16.6. The largest absolute Gasteiger partial charge is 0.482 e. The molecule has 0 aromatic heterocycles. The number of carboxylic acid groups (broad SMARTS) is 1. The standard InChI is InChI=1S/C26H38O7/c1-3-4-5-8-19(27)10-11-20-21-12-17-7-6-9-23(32-15-25(28)29)22(17)13-18(21)14-24(20)33-26(30)16-31-2/h6-7,9,18-21,24,27H,3-5,8,10-16H2,1-2H3,(H,28,29)/t18-,19-,20+,21-,24+/m0/s1. The fourth-order valence-electron chi connectivity index (χ4n) is 5.67. The number of ether oxygens (including phenoxy) is 3. The zero-order valence-corrected chi connectivity index (χ0v) is 19.8. The summed E-state index contributed by atoms with van der Waals surface area (Å²) in [5.41, 5.74) is 2.25. The number of methoxy groups -OCH3 is 1. The number of hydrogen-bond acceptors (Lipinski definition) is 6. The van der Waals surface area contributed by atoms with E-state index in [2.05, 4.69) is 13.0 Å². The fourth-order valence-corrected chi connectivity index (χ4v) is 5.67. The van der Waals surface area contributed by atoms with Crippen molar-refractivity contribution >= 4 is 11.9 Å². The molecule has 1 saturated carbocycles. The Bertz CT molecular complexity index is 793. The zero-order chi connectivity index (χ0) is 23.8. The van der Waals surface area contributed by atoms with Crippen molar-refractivity contribution in [2.45, 2.75) is 76.9 Å². The van der Waals surface area contributed by atoms with E-state index in [1.54, 1.807) is 0 Å². The van der Waals surface area contributed by atoms with E-state index in [9.17, 15) is 14.7 Å². The normalized spacial score (nSPS) is 24.6. The molecule has 1 fully saturated rings. The Hall–Kier alpha value is -2.12. The minimum Gasteiger partial charge on any atom is -0.482 e. The van der Waals surface area contributed by atoms with Gasteiger partial charge in [-0.1, -0.05) is 38.3 Å². The molecule has 0 radical (unpaired) electrons. The molecule has 0 bridgehead atoms. The quantitative estimate of drug-likeness (QED) is 0.340. The van der Waals surface area contributed by atoms with Crippen LogP contribution in [0, 0.1) is 17.8 Å². The topological polar surface area (TPSA) is 102 Å². The molecule has 0 aliphatic heterocycles. The maximum atomic E-state index is 12.2. The van der Waals surface area contributed by atoms with Gasteiger partial charge >= 0.3 is 11.9 Å². The number of fused-ring (bicyclic) bond motifs is 2. The number of carbonyl (C=O) groups excluding carboxylic acids is 1. The second-order valence-corrected chi connectivity index (χ2v) is 9.50. The molecule has 1 aromatic carbocycles. The number of aliphatic carboxylic acids is 1. The van der Waals surface area contributed by atoms with Crippen LogP contribution in [0.15, 0.2) is 18.2 Å². The van der Waals surface area contributed by atoms with E-state index >= 15 is 0 Å². The van der Waals surface area contributed by atoms with Crippen molar-refractivity contribution in [2.75, 3.05) is 20.3 Å². The van der Waals surface area contributed by atoms with Crippen molar-refractivity contribution in [1.29, 1.82) is 0 Å². The van der Waals surface area contributed by atoms with Gasteiger partial charge in [-0.25, -0.2) is 9.59 Å². The van der Waals surface area contributed by atoms with Gasteiger partial charge in [0.25, 0.3) is 0 Å². The summed E-state index contributed by atoms with van der Waals surface area (Å²) in [6, 6.07) is 5.82. The lowest BCUT2D eigenvalue weighted by Crippen LogP contribution is -2.30. The number of carboxylic acids is 1. The van der Waals surface area contributed by atoms with Gasteiger partial charge < -0.3 is 24.4 Å². The van der Waals surface area contributed by atoms with Crippen molar-refractivity contribution in [3.8, 4) is 5.75 Å². The van der Waals surface area contributed by atoms with E-state index in [4.69, 9.17) is 19.3 Å². The molecule has 33 heavy (non-hydrogen) atoms. The molecule has 5 atom stereocenters. The van der Waals surface area contributed by atoms with Crippen molar-refractivity contribution < 1.29 is 34.0 Å². The number of rotatable bonds is 13. The smallest absolute Gasteiger partial charge is 0.341 e. The van der Waals surface area contributed by atoms with Crippen molar-refractivity contribution in [3.63, 3.8) is 0 Å². The lowest BCUT2D eigenvalue weighted by atomic mass is 9.73. The van der Waals surface area contributed by atoms with Crippen LogP contribution in [-0.2, 0) is 31.9 Å². The molecule has 184 valence electrons. The summed E-state index contributed by atoms with van der Waals surface area (Å²) in [5.74, 6) is 0.164. The summed E-state index contributed by atoms with van der Waals surface area (Å²) in [7, 11) is 1.48. The van der Waals surface area contributed by atoms with Crippen LogP contribution in [0.2, 0.25) is 0 Å². The van der Waals surface area contributed by atoms with E-state index < -0.39 is 5.97 Å². The predicted octanol–water partition coefficient (Wildman–Crippen LogP) is 3.78. The molecule has 0 saturated heterocycles. The summed E-state index contributed by atoms with van der Waals surface area (Å²) in [5, 5.41) is 19.5. The summed E-state index contributed by atoms with van der Waals surface area (Å²) >= 11 is 0. The van der Waals surface area contributed by atoms with Gasteiger partial charge in [0.1, 0.15) is 18.5 Å². The summed E-state index contributed by atoms with van der Waals surface area (Å²) < 4.78 is 16.4. The third-order valence-electron chi connectivity index (χ3n) is 7.19. The molecule has 2 aliphatic rings. The maximum Gasteiger partial charge on any atom is 0.341 e. The van der Waals surface area contributed by atoms with Gasteiger partial charge in [-0.2, -0.15) is 0 Å². The summed E-state index contributed by atoms with van der Waals surface area (Å²) in [6.45, 7) is 1.73. The Balaban J connectivity index is 1.72. The van der Waals surface area contributed by atoms with Gasteiger partial charge in [0.2, 0.25) is 0 Å². The SMILES string of the molecule is CCCCC[C@H](O)CC[C@@H]1[C@H]2Cc3cccc(OCC(=O)O)c3C[C@H]2C[C@H]1OC(=O)COC. The maximum absolute atomic E-state index is 12.2. The first kappa shape index (κ1) is 25.5. The average Bonchev–Trinajstić information content (AvgIpc) is 3.10. The number of esters is 1. The highest BCUT2D eigenvalue weighted by Gasteiger charge is 2.47. The fraction of sp³-hybridized carbons (Fsp3) is 0.692. The van der Waals surface area contributed by atoms with Gasteiger partial charge in [-0.15, -0.1) is 0 Å². The monoisotopic (exact) mass is 462 g/mol. The molecule has 3 rings (SSSR count). The second kappa shape index (κ2) is 12.4. The molecule has 7 nitrogen and oxygen atoms in total. The molecule has 2 N–H and O–H groups in total. The molecular formula is C26H38O7. The van der Waals surface area contributed by atoms with E-state index in [0.29, 0.717) is 24.0 Å². The highest BCUT2D eigenvalue weighted by molar-refractivity contribution is 5.71. The third-order valence-corrected chi connectivity index (χ3v) is 7.19. The van der Waals surface area contributed by atoms with Gasteiger partial charge in [-0.3, -0.25) is 0 Å². The second-order valence-electron chi connectivity index (χ2n) is 9.50. The summed E-state index contributed by atoms with van der Waals surface area (Å²) in [4.78, 5) is 23.2. The number of hydrogen-bond donors (Lipinski definition) is 2. The van der Waals surface area contributed by atoms with Crippen LogP contribution < -0.4 is 4.74 Å². The van der Waals surface area contributed by atoms with E-state index in [1.807, 2.05) is 12.1 Å². The number of carbonyl (C=O) groups is 2. The minimum atomic E-state index is -0.996. The van der Waals surface area contributed by atoms with Crippen molar-refractivity contribution in [3.05, 3.63) is 29.3 Å². The Morgan fingerprint density at radius 1 is 1.15 bits per heavy atom. The lowest BCUT2D eigenvalue weighted by molar-refractivity contribution is -0.155. The number of benzene rings is 1. The molecule has 0 heterocycles. The van der Waals surface area contributed by atoms with E-state index in [0.717, 1.165) is 56.9 Å². The average molecular weight is 463 g/mol. The highest BCUT2D eigenvalue weighted by Crippen LogP contribution is 2.49. The molecule has 2 aliphatic carbocycles. The molecule has 0 amide bonds. The minimum absolute atomic E-state index is 0.0639. The Morgan fingerprint density at radius 3 is 2.70 bits per heavy atom. The summed E-state index contributed by atoms with van der Waals surface area (Å²) in [6.07, 6.45) is 7.53. The predicted molar refractivity (Wildman–Crippen MR) is 123 cm³/mol. The van der Waals surface area contributed by atoms with Crippen LogP contribution in [0.25, 0.3) is 0 Å². The third kappa shape index (κ3) is 6.93. The molecule has 0 unspecified atom stereocenters. The van der Waals surface area contributed by atoms with Crippen LogP contribution in [-0.4, -0.2) is 54.7 Å². The molecule has 7 heteroatoms. The van der Waals surface area contributed by atoms with Gasteiger partial charge in [-0.05, 0) is 73.5 Å². The number of aliphatic hydroxyl groups is 1. The van der Waals surface area contributed by atoms with Crippen LogP contribution in [0.1, 0.15) is 63.0 Å². The Labute approximate surface area is 196 Å².